The van der Waals surface area contributed by atoms with E-state index in [2.05, 4.69) is 162 Å². The maximum atomic E-state index is 4.66. The van der Waals surface area contributed by atoms with E-state index in [0.717, 1.165) is 84.5 Å². The second-order valence-corrected chi connectivity index (χ2v) is 20.8. The molecule has 5 radical (unpaired) electrons. The molecular weight excluding hydrogens is 2030 g/mol. The number of fused-ring (bicyclic) bond motifs is 9. The summed E-state index contributed by atoms with van der Waals surface area (Å²) in [6.45, 7) is 0. The molecule has 0 aliphatic heterocycles. The Labute approximate surface area is 597 Å². The number of aromatic nitrogens is 10. The molecule has 0 atom stereocenters. The van der Waals surface area contributed by atoms with Crippen molar-refractivity contribution in [2.45, 2.75) is 0 Å². The average Bonchev–Trinajstić information content (AvgIpc) is 2.85. The molecule has 10 nitrogen and oxygen atoms in total. The Morgan fingerprint density at radius 2 is 0.769 bits per heavy atom. The van der Waals surface area contributed by atoms with E-state index in [-0.39, 0.29) is 101 Å². The molecule has 16 heteroatoms. The van der Waals surface area contributed by atoms with Gasteiger partial charge in [0.05, 0.1) is 5.52 Å². The minimum Gasteiger partial charge on any atom is -0.320 e. The molecule has 18 rings (SSSR count). The molecule has 18 aromatic rings. The second kappa shape index (κ2) is 31.6. The topological polar surface area (TPSA) is 86.5 Å². The summed E-state index contributed by atoms with van der Waals surface area (Å²) in [6.07, 6.45) is 18.2. The summed E-state index contributed by atoms with van der Waals surface area (Å²) >= 11 is 1.64. The number of para-hydroxylation sites is 1. The van der Waals surface area contributed by atoms with Crippen molar-refractivity contribution >= 4 is 72.0 Å². The number of imidazole rings is 5. The minimum absolute atomic E-state index is 0. The maximum Gasteiger partial charge on any atom is 0.127 e. The van der Waals surface area contributed by atoms with Crippen LogP contribution in [-0.4, -0.2) is 46.9 Å². The number of nitrogens with zero attached hydrogens (tertiary/aromatic N) is 10. The van der Waals surface area contributed by atoms with E-state index in [9.17, 15) is 0 Å². The third-order valence-corrected chi connectivity index (χ3v) is 15.1. The van der Waals surface area contributed by atoms with Crippen LogP contribution in [0.25, 0.3) is 117 Å². The Morgan fingerprint density at radius 3 is 1.32 bits per heavy atom. The van der Waals surface area contributed by atoms with Gasteiger partial charge in [-0.1, -0.05) is 107 Å². The summed E-state index contributed by atoms with van der Waals surface area (Å²) in [4.78, 5) is 23.0. The van der Waals surface area contributed by atoms with Gasteiger partial charge in [-0.3, -0.25) is 24.9 Å². The number of hydrogen-bond acceptors (Lipinski definition) is 6. The first-order chi connectivity index (χ1) is 42.6. The van der Waals surface area contributed by atoms with Gasteiger partial charge in [0.2, 0.25) is 0 Å². The molecule has 0 bridgehead atoms. The molecule has 0 amide bonds. The first-order valence-corrected chi connectivity index (χ1v) is 28.9. The van der Waals surface area contributed by atoms with E-state index in [1.807, 2.05) is 212 Å². The Morgan fingerprint density at radius 1 is 0.308 bits per heavy atom. The fourth-order valence-corrected chi connectivity index (χ4v) is 10.8. The molecule has 0 aliphatic rings. The molecule has 0 saturated heterocycles. The van der Waals surface area contributed by atoms with Crippen molar-refractivity contribution in [2.75, 3.05) is 0 Å². The zero-order valence-corrected chi connectivity index (χ0v) is 60.6. The molecule has 0 spiro atoms. The minimum atomic E-state index is 0. The van der Waals surface area contributed by atoms with Gasteiger partial charge in [0.1, 0.15) is 28.2 Å². The quantitative estimate of drug-likeness (QED) is 0.160. The van der Waals surface area contributed by atoms with Crippen molar-refractivity contribution in [1.29, 1.82) is 0 Å². The molecule has 0 N–H and O–H groups in total. The van der Waals surface area contributed by atoms with E-state index in [4.69, 9.17) is 0 Å². The van der Waals surface area contributed by atoms with Crippen LogP contribution < -0.4 is 0 Å². The van der Waals surface area contributed by atoms with E-state index < -0.39 is 0 Å². The van der Waals surface area contributed by atoms with E-state index in [1.165, 1.54) is 32.4 Å². The average molecular weight is 2080 g/mol. The molecule has 455 valence electrons. The molecule has 11 aromatic heterocycles. The Bertz CT molecular complexity index is 5150. The molecule has 0 saturated carbocycles. The van der Waals surface area contributed by atoms with Crippen molar-refractivity contribution in [3.05, 3.63) is 327 Å². The Balaban J connectivity index is 0.000000133. The van der Waals surface area contributed by atoms with E-state index in [0.29, 0.717) is 0 Å². The zero-order valence-electron chi connectivity index (χ0n) is 47.8. The number of benzene rings is 7. The van der Waals surface area contributed by atoms with Crippen molar-refractivity contribution in [3.63, 3.8) is 0 Å². The van der Waals surface area contributed by atoms with Gasteiger partial charge in [-0.05, 0) is 109 Å². The normalized spacial score (nSPS) is 10.4. The van der Waals surface area contributed by atoms with Gasteiger partial charge in [0.15, 0.2) is 0 Å². The number of rotatable bonds is 5. The standard InChI is InChI=1S/3C17H11N2.C13H9N2.C11H7N2S.5Ir/c1-2-8-14-13(6-1)7-5-9-15(14)16-12-19-11-4-3-10-17(19)18-16;1-2-6-14-11-15(9-8-13(14)5-1)16-12-19-10-4-3-7-17(19)18-16;1-2-6-13(7-3-1)15-12-19-16-9-5-4-8-14(16)10-11-17(19)18-15;1-2-6-11(7-3-1)12-10-15-9-5-4-8-13(15)14-12;1-2-5-13-7-10(12-11(13)3-1)9-4-6-14-8-9;;;;;/h2*1-8,10-12H;1-6,8-12H;1-6,8-10H;1-3,5-8H;;;;;/q5*-1;;;;;. The predicted molar refractivity (Wildman–Crippen MR) is 348 cm³/mol. The SMILES string of the molecule is [Ir].[Ir].[Ir].[Ir].[Ir].[c-]1cc2ccccc2cc1-c1cn2ccccc2n1.[c-]1ccc2ccccc2c1-c1cn2ccccc2n1.[c-]1ccccc1-c1cn2c(ccc3ccccc32)n1.[c-]1ccccc1-c1cn2ccccc2n1.[c-]1cscc1-c1cn2ccccc2n1. The van der Waals surface area contributed by atoms with Crippen LogP contribution in [0.5, 0.6) is 0 Å². The van der Waals surface area contributed by atoms with Crippen LogP contribution in [0.2, 0.25) is 0 Å². The van der Waals surface area contributed by atoms with Gasteiger partial charge in [0, 0.05) is 148 Å². The van der Waals surface area contributed by atoms with Crippen LogP contribution in [-0.2, 0) is 101 Å². The largest absolute Gasteiger partial charge is 0.320 e. The first kappa shape index (κ1) is 67.1. The third-order valence-electron chi connectivity index (χ3n) is 14.4. The van der Waals surface area contributed by atoms with E-state index in [1.54, 1.807) is 11.3 Å². The van der Waals surface area contributed by atoms with Crippen LogP contribution >= 0.6 is 11.3 Å². The number of hydrogen-bond donors (Lipinski definition) is 0. The van der Waals surface area contributed by atoms with Crippen LogP contribution in [0.1, 0.15) is 0 Å². The fourth-order valence-electron chi connectivity index (χ4n) is 10.2. The van der Waals surface area contributed by atoms with Crippen molar-refractivity contribution in [2.24, 2.45) is 0 Å². The molecule has 0 aliphatic carbocycles. The molecule has 0 fully saturated rings. The Hall–Kier alpha value is -8.28. The smallest absolute Gasteiger partial charge is 0.127 e. The number of thiophene rings is 1. The molecule has 7 aromatic carbocycles. The van der Waals surface area contributed by atoms with Gasteiger partial charge in [-0.25, -0.2) is 11.3 Å². The summed E-state index contributed by atoms with van der Waals surface area (Å²) in [5, 5.41) is 10.0. The summed E-state index contributed by atoms with van der Waals surface area (Å²) in [6, 6.07) is 93.3. The van der Waals surface area contributed by atoms with Gasteiger partial charge in [-0.2, -0.15) is 11.6 Å². The summed E-state index contributed by atoms with van der Waals surface area (Å²) < 4.78 is 10.2. The Kier molecular flexibility index (Phi) is 23.3. The summed E-state index contributed by atoms with van der Waals surface area (Å²) in [5.41, 5.74) is 16.0. The molecule has 0 unspecified atom stereocenters. The fraction of sp³-hybridized carbons (Fsp3) is 0. The molecular formula is C75H49Ir5N10S-5. The van der Waals surface area contributed by atoms with Crippen molar-refractivity contribution in [3.8, 4) is 56.3 Å². The molecule has 91 heavy (non-hydrogen) atoms. The van der Waals surface area contributed by atoms with Crippen LogP contribution in [0, 0.1) is 30.3 Å². The van der Waals surface area contributed by atoms with Gasteiger partial charge >= 0.3 is 0 Å². The van der Waals surface area contributed by atoms with Crippen molar-refractivity contribution in [1.82, 2.24) is 46.9 Å². The number of pyridine rings is 5. The zero-order chi connectivity index (χ0) is 57.4. The molecule has 11 heterocycles. The summed E-state index contributed by atoms with van der Waals surface area (Å²) in [7, 11) is 0. The van der Waals surface area contributed by atoms with Gasteiger partial charge < -0.3 is 22.0 Å². The van der Waals surface area contributed by atoms with Gasteiger partial charge in [-0.15, -0.1) is 135 Å². The van der Waals surface area contributed by atoms with Gasteiger partial charge in [0.25, 0.3) is 0 Å². The first-order valence-electron chi connectivity index (χ1n) is 27.9. The van der Waals surface area contributed by atoms with Crippen LogP contribution in [0.4, 0.5) is 0 Å². The monoisotopic (exact) mass is 2090 g/mol. The van der Waals surface area contributed by atoms with Crippen molar-refractivity contribution < 1.29 is 101 Å². The second-order valence-electron chi connectivity index (χ2n) is 20.0. The predicted octanol–water partition coefficient (Wildman–Crippen LogP) is 17.5. The summed E-state index contributed by atoms with van der Waals surface area (Å²) in [5.74, 6) is 0. The third kappa shape index (κ3) is 15.4. The maximum absolute atomic E-state index is 4.66. The van der Waals surface area contributed by atoms with Crippen LogP contribution in [0.15, 0.2) is 297 Å². The van der Waals surface area contributed by atoms with Crippen LogP contribution in [0.3, 0.4) is 0 Å². The van der Waals surface area contributed by atoms with E-state index >= 15 is 0 Å².